The minimum absolute atomic E-state index is 0.0527. The van der Waals surface area contributed by atoms with Crippen molar-refractivity contribution in [3.63, 3.8) is 0 Å². The molecule has 0 spiro atoms. The third-order valence-electron chi connectivity index (χ3n) is 3.53. The molecule has 1 aliphatic carbocycles. The molecular formula is C12H21NO4. The topological polar surface area (TPSA) is 86.6 Å². The predicted octanol–water partition coefficient (Wildman–Crippen LogP) is 0.909. The summed E-state index contributed by atoms with van der Waals surface area (Å²) in [7, 11) is 0. The largest absolute Gasteiger partial charge is 0.480 e. The first-order valence-corrected chi connectivity index (χ1v) is 6.14. The fourth-order valence-electron chi connectivity index (χ4n) is 2.28. The van der Waals surface area contributed by atoms with Crippen LogP contribution in [0.15, 0.2) is 0 Å². The van der Waals surface area contributed by atoms with Gasteiger partial charge in [0, 0.05) is 18.4 Å². The van der Waals surface area contributed by atoms with Crippen LogP contribution in [0.2, 0.25) is 0 Å². The lowest BCUT2D eigenvalue weighted by Gasteiger charge is -2.33. The van der Waals surface area contributed by atoms with E-state index in [9.17, 15) is 9.59 Å². The van der Waals surface area contributed by atoms with Crippen molar-refractivity contribution in [2.45, 2.75) is 51.5 Å². The van der Waals surface area contributed by atoms with Gasteiger partial charge in [-0.25, -0.2) is 4.79 Å². The number of hydrogen-bond acceptors (Lipinski definition) is 3. The van der Waals surface area contributed by atoms with Crippen molar-refractivity contribution < 1.29 is 19.8 Å². The Morgan fingerprint density at radius 2 is 1.88 bits per heavy atom. The molecule has 1 unspecified atom stereocenters. The van der Waals surface area contributed by atoms with Gasteiger partial charge in [-0.15, -0.1) is 0 Å². The molecule has 5 nitrogen and oxygen atoms in total. The van der Waals surface area contributed by atoms with Crippen LogP contribution in [0.25, 0.3) is 0 Å². The highest BCUT2D eigenvalue weighted by molar-refractivity contribution is 5.87. The second kappa shape index (κ2) is 6.00. The average Bonchev–Trinajstić information content (AvgIpc) is 2.29. The van der Waals surface area contributed by atoms with Crippen LogP contribution in [-0.2, 0) is 9.59 Å². The van der Waals surface area contributed by atoms with Crippen LogP contribution in [0.3, 0.4) is 0 Å². The minimum atomic E-state index is -1.09. The number of carboxylic acids is 1. The molecule has 1 aliphatic rings. The first-order chi connectivity index (χ1) is 7.99. The Morgan fingerprint density at radius 3 is 2.35 bits per heavy atom. The Balaban J connectivity index is 2.59. The number of nitrogens with one attached hydrogen (secondary N) is 1. The van der Waals surface area contributed by atoms with Crippen LogP contribution in [0.4, 0.5) is 0 Å². The highest BCUT2D eigenvalue weighted by Crippen LogP contribution is 2.35. The van der Waals surface area contributed by atoms with Gasteiger partial charge in [0.25, 0.3) is 0 Å². The van der Waals surface area contributed by atoms with Crippen LogP contribution in [0.1, 0.15) is 45.4 Å². The summed E-state index contributed by atoms with van der Waals surface area (Å²) in [5.41, 5.74) is -0.443. The number of rotatable bonds is 5. The van der Waals surface area contributed by atoms with E-state index in [1.54, 1.807) is 0 Å². The molecule has 0 heterocycles. The molecule has 1 amide bonds. The van der Waals surface area contributed by atoms with Crippen LogP contribution in [0, 0.1) is 5.41 Å². The highest BCUT2D eigenvalue weighted by atomic mass is 16.4. The van der Waals surface area contributed by atoms with Gasteiger partial charge < -0.3 is 15.5 Å². The zero-order valence-corrected chi connectivity index (χ0v) is 10.2. The van der Waals surface area contributed by atoms with E-state index in [4.69, 9.17) is 10.2 Å². The lowest BCUT2D eigenvalue weighted by atomic mass is 9.75. The summed E-state index contributed by atoms with van der Waals surface area (Å²) >= 11 is 0. The van der Waals surface area contributed by atoms with Gasteiger partial charge in [-0.1, -0.05) is 26.2 Å². The lowest BCUT2D eigenvalue weighted by Crippen LogP contribution is -2.48. The van der Waals surface area contributed by atoms with Crippen molar-refractivity contribution in [2.75, 3.05) is 6.61 Å². The molecule has 1 atom stereocenters. The van der Waals surface area contributed by atoms with Crippen LogP contribution in [-0.4, -0.2) is 34.7 Å². The fourth-order valence-corrected chi connectivity index (χ4v) is 2.28. The van der Waals surface area contributed by atoms with Crippen molar-refractivity contribution in [3.8, 4) is 0 Å². The number of aliphatic hydroxyl groups is 1. The molecule has 0 aromatic heterocycles. The molecular weight excluding hydrogens is 222 g/mol. The Labute approximate surface area is 101 Å². The van der Waals surface area contributed by atoms with Crippen LogP contribution in [0.5, 0.6) is 0 Å². The molecule has 98 valence electrons. The van der Waals surface area contributed by atoms with Gasteiger partial charge >= 0.3 is 5.97 Å². The van der Waals surface area contributed by atoms with Gasteiger partial charge in [-0.2, -0.15) is 0 Å². The molecule has 1 rings (SSSR count). The zero-order valence-electron chi connectivity index (χ0n) is 10.2. The molecule has 0 saturated heterocycles. The monoisotopic (exact) mass is 243 g/mol. The second-order valence-corrected chi connectivity index (χ2v) is 5.00. The van der Waals surface area contributed by atoms with Crippen molar-refractivity contribution >= 4 is 11.9 Å². The van der Waals surface area contributed by atoms with E-state index in [-0.39, 0.29) is 18.9 Å². The maximum absolute atomic E-state index is 12.1. The molecule has 0 aromatic carbocycles. The van der Waals surface area contributed by atoms with Crippen molar-refractivity contribution in [1.29, 1.82) is 0 Å². The van der Waals surface area contributed by atoms with Crippen LogP contribution >= 0.6 is 0 Å². The minimum Gasteiger partial charge on any atom is -0.480 e. The molecule has 1 saturated carbocycles. The predicted molar refractivity (Wildman–Crippen MR) is 62.5 cm³/mol. The molecule has 1 fully saturated rings. The maximum Gasteiger partial charge on any atom is 0.326 e. The number of hydrogen-bond donors (Lipinski definition) is 3. The quantitative estimate of drug-likeness (QED) is 0.670. The maximum atomic E-state index is 12.1. The number of aliphatic hydroxyl groups excluding tert-OH is 1. The van der Waals surface area contributed by atoms with E-state index in [0.29, 0.717) is 0 Å². The molecule has 17 heavy (non-hydrogen) atoms. The summed E-state index contributed by atoms with van der Waals surface area (Å²) in [4.78, 5) is 22.9. The van der Waals surface area contributed by atoms with Crippen molar-refractivity contribution in [3.05, 3.63) is 0 Å². The van der Waals surface area contributed by atoms with E-state index in [2.05, 4.69) is 5.32 Å². The molecule has 0 aromatic rings. The summed E-state index contributed by atoms with van der Waals surface area (Å²) in [5.74, 6) is -1.29. The Morgan fingerprint density at radius 1 is 1.29 bits per heavy atom. The normalized spacial score (nSPS) is 20.6. The Kier molecular flexibility index (Phi) is 4.93. The van der Waals surface area contributed by atoms with Gasteiger partial charge in [0.15, 0.2) is 0 Å². The summed E-state index contributed by atoms with van der Waals surface area (Å²) in [6, 6.07) is -0.980. The van der Waals surface area contributed by atoms with Gasteiger partial charge in [0.1, 0.15) is 6.04 Å². The average molecular weight is 243 g/mol. The third kappa shape index (κ3) is 3.70. The molecule has 5 heteroatoms. The summed E-state index contributed by atoms with van der Waals surface area (Å²) in [5, 5.41) is 20.2. The molecule has 0 aliphatic heterocycles. The number of carboxylic acid groups (broad SMARTS) is 1. The Bertz CT molecular complexity index is 284. The van der Waals surface area contributed by atoms with E-state index in [1.165, 1.54) is 0 Å². The standard InChI is InChI=1S/C12H21NO4/c1-12(6-3-2-4-7-12)11(17)13-9(5-8-14)10(15)16/h9,14H,2-8H2,1H3,(H,13,17)(H,15,16). The van der Waals surface area contributed by atoms with E-state index in [1.807, 2.05) is 6.92 Å². The number of aliphatic carboxylic acids is 1. The van der Waals surface area contributed by atoms with Gasteiger partial charge in [-0.05, 0) is 12.8 Å². The highest BCUT2D eigenvalue weighted by Gasteiger charge is 2.36. The third-order valence-corrected chi connectivity index (χ3v) is 3.53. The summed E-state index contributed by atoms with van der Waals surface area (Å²) in [6.45, 7) is 1.65. The second-order valence-electron chi connectivity index (χ2n) is 5.00. The molecule has 0 bridgehead atoms. The van der Waals surface area contributed by atoms with Gasteiger partial charge in [-0.3, -0.25) is 4.79 Å². The zero-order chi connectivity index (χ0) is 12.9. The van der Waals surface area contributed by atoms with Gasteiger partial charge in [0.05, 0.1) is 0 Å². The van der Waals surface area contributed by atoms with Crippen molar-refractivity contribution in [1.82, 2.24) is 5.32 Å². The van der Waals surface area contributed by atoms with Crippen molar-refractivity contribution in [2.24, 2.45) is 5.41 Å². The smallest absolute Gasteiger partial charge is 0.326 e. The van der Waals surface area contributed by atoms with E-state index < -0.39 is 17.4 Å². The number of carbonyl (C=O) groups is 2. The Hall–Kier alpha value is -1.10. The summed E-state index contributed by atoms with van der Waals surface area (Å²) < 4.78 is 0. The fraction of sp³-hybridized carbons (Fsp3) is 0.833. The molecule has 0 radical (unpaired) electrons. The van der Waals surface area contributed by atoms with Gasteiger partial charge in [0.2, 0.25) is 5.91 Å². The van der Waals surface area contributed by atoms with E-state index in [0.717, 1.165) is 32.1 Å². The molecule has 3 N–H and O–H groups in total. The summed E-state index contributed by atoms with van der Waals surface area (Å²) in [6.07, 6.45) is 4.84. The van der Waals surface area contributed by atoms with Crippen LogP contribution < -0.4 is 5.32 Å². The number of carbonyl (C=O) groups excluding carboxylic acids is 1. The SMILES string of the molecule is CC1(C(=O)NC(CCO)C(=O)O)CCCCC1. The number of amides is 1. The van der Waals surface area contributed by atoms with E-state index >= 15 is 0 Å². The lowest BCUT2D eigenvalue weighted by molar-refractivity contribution is -0.144. The first-order valence-electron chi connectivity index (χ1n) is 6.14. The first kappa shape index (κ1) is 14.0.